The molecular weight excluding hydrogens is 294 g/mol. The van der Waals surface area contributed by atoms with Gasteiger partial charge in [0.15, 0.2) is 5.58 Å². The van der Waals surface area contributed by atoms with Gasteiger partial charge in [0.25, 0.3) is 0 Å². The van der Waals surface area contributed by atoms with Crippen LogP contribution in [0.3, 0.4) is 0 Å². The van der Waals surface area contributed by atoms with Crippen LogP contribution in [0.25, 0.3) is 11.1 Å². The van der Waals surface area contributed by atoms with Gasteiger partial charge in [-0.2, -0.15) is 0 Å². The van der Waals surface area contributed by atoms with Crippen molar-refractivity contribution in [2.45, 2.75) is 13.3 Å². The van der Waals surface area contributed by atoms with Gasteiger partial charge in [0.2, 0.25) is 0 Å². The fourth-order valence-electron chi connectivity index (χ4n) is 2.31. The molecule has 0 radical (unpaired) electrons. The Hall–Kier alpha value is -3.08. The number of H-pyrrole nitrogens is 1. The highest BCUT2D eigenvalue weighted by atomic mass is 16.5. The van der Waals surface area contributed by atoms with Crippen molar-refractivity contribution >= 4 is 17.1 Å². The molecule has 1 heterocycles. The minimum atomic E-state index is -0.545. The van der Waals surface area contributed by atoms with Crippen molar-refractivity contribution in [3.8, 4) is 5.75 Å². The molecule has 0 atom stereocenters. The average Bonchev–Trinajstić information content (AvgIpc) is 2.86. The quantitative estimate of drug-likeness (QED) is 0.455. The number of aromatic amines is 1. The van der Waals surface area contributed by atoms with Crippen LogP contribution in [0, 0.1) is 0 Å². The van der Waals surface area contributed by atoms with Crippen LogP contribution in [-0.2, 0) is 6.42 Å². The van der Waals surface area contributed by atoms with Crippen LogP contribution < -0.4 is 10.5 Å². The second-order valence-electron chi connectivity index (χ2n) is 5.40. The van der Waals surface area contributed by atoms with Gasteiger partial charge in [-0.1, -0.05) is 24.3 Å². The van der Waals surface area contributed by atoms with Crippen LogP contribution in [0.4, 0.5) is 0 Å². The summed E-state index contributed by atoms with van der Waals surface area (Å²) in [5.41, 5.74) is 3.37. The van der Waals surface area contributed by atoms with E-state index in [0.29, 0.717) is 28.8 Å². The van der Waals surface area contributed by atoms with Crippen molar-refractivity contribution in [1.82, 2.24) is 4.98 Å². The Morgan fingerprint density at radius 3 is 2.87 bits per heavy atom. The maximum atomic E-state index is 12.2. The van der Waals surface area contributed by atoms with E-state index in [1.807, 2.05) is 19.1 Å². The number of carbonyl (C=O) groups is 1. The Morgan fingerprint density at radius 1 is 1.26 bits per heavy atom. The Labute approximate surface area is 132 Å². The maximum Gasteiger partial charge on any atom is 0.417 e. The van der Waals surface area contributed by atoms with Crippen molar-refractivity contribution in [3.63, 3.8) is 0 Å². The first kappa shape index (κ1) is 14.8. The molecule has 5 nitrogen and oxygen atoms in total. The van der Waals surface area contributed by atoms with Crippen LogP contribution in [0.5, 0.6) is 5.75 Å². The molecule has 0 aliphatic rings. The predicted octanol–water partition coefficient (Wildman–Crippen LogP) is 3.46. The van der Waals surface area contributed by atoms with Crippen molar-refractivity contribution in [2.24, 2.45) is 0 Å². The fraction of sp³-hybridized carbons (Fsp3) is 0.111. The van der Waals surface area contributed by atoms with Gasteiger partial charge >= 0.3 is 11.7 Å². The topological polar surface area (TPSA) is 72.3 Å². The first-order valence-corrected chi connectivity index (χ1v) is 7.09. The van der Waals surface area contributed by atoms with Crippen LogP contribution >= 0.6 is 0 Å². The van der Waals surface area contributed by atoms with E-state index in [4.69, 9.17) is 9.15 Å². The molecule has 2 aromatic carbocycles. The normalized spacial score (nSPS) is 10.7. The molecule has 116 valence electrons. The summed E-state index contributed by atoms with van der Waals surface area (Å²) in [5.74, 6) is -0.697. The highest BCUT2D eigenvalue weighted by molar-refractivity contribution is 5.91. The number of rotatable bonds is 4. The van der Waals surface area contributed by atoms with Gasteiger partial charge in [-0.15, -0.1) is 0 Å². The van der Waals surface area contributed by atoms with Gasteiger partial charge < -0.3 is 9.15 Å². The Morgan fingerprint density at radius 2 is 2.09 bits per heavy atom. The number of ether oxygens (including phenoxy) is 1. The maximum absolute atomic E-state index is 12.2. The van der Waals surface area contributed by atoms with Gasteiger partial charge in [0.1, 0.15) is 5.75 Å². The molecule has 23 heavy (non-hydrogen) atoms. The van der Waals surface area contributed by atoms with E-state index >= 15 is 0 Å². The molecule has 3 aromatic rings. The number of carbonyl (C=O) groups excluding carboxylic acids is 1. The third-order valence-electron chi connectivity index (χ3n) is 3.27. The van der Waals surface area contributed by atoms with Gasteiger partial charge in [-0.25, -0.2) is 9.59 Å². The standard InChI is InChI=1S/C18H15NO4/c1-11(2)8-12-4-3-5-13(9-12)17(20)22-14-6-7-15-16(10-14)23-18(21)19-15/h3-7,9-10H,1,8H2,2H3,(H,19,21). The van der Waals surface area contributed by atoms with E-state index < -0.39 is 11.7 Å². The number of benzene rings is 2. The molecule has 3 rings (SSSR count). The average molecular weight is 309 g/mol. The number of aromatic nitrogens is 1. The monoisotopic (exact) mass is 309 g/mol. The summed E-state index contributed by atoms with van der Waals surface area (Å²) in [6.07, 6.45) is 0.710. The summed E-state index contributed by atoms with van der Waals surface area (Å²) in [4.78, 5) is 25.9. The SMILES string of the molecule is C=C(C)Cc1cccc(C(=O)Oc2ccc3[nH]c(=O)oc3c2)c1. The highest BCUT2D eigenvalue weighted by Gasteiger charge is 2.11. The number of allylic oxidation sites excluding steroid dienone is 1. The molecule has 0 amide bonds. The van der Waals surface area contributed by atoms with E-state index in [9.17, 15) is 9.59 Å². The van der Waals surface area contributed by atoms with Crippen LogP contribution in [0.2, 0.25) is 0 Å². The lowest BCUT2D eigenvalue weighted by Gasteiger charge is -2.06. The van der Waals surface area contributed by atoms with E-state index in [1.54, 1.807) is 24.3 Å². The van der Waals surface area contributed by atoms with Crippen molar-refractivity contribution in [2.75, 3.05) is 0 Å². The highest BCUT2D eigenvalue weighted by Crippen LogP contribution is 2.20. The summed E-state index contributed by atoms with van der Waals surface area (Å²) < 4.78 is 10.3. The molecule has 1 aromatic heterocycles. The summed E-state index contributed by atoms with van der Waals surface area (Å²) in [6, 6.07) is 12.0. The van der Waals surface area contributed by atoms with Gasteiger partial charge in [0.05, 0.1) is 11.1 Å². The minimum Gasteiger partial charge on any atom is -0.423 e. The van der Waals surface area contributed by atoms with Crippen LogP contribution in [0.15, 0.2) is 63.8 Å². The number of hydrogen-bond acceptors (Lipinski definition) is 4. The Bertz CT molecular complexity index is 949. The summed E-state index contributed by atoms with van der Waals surface area (Å²) in [6.45, 7) is 5.80. The first-order chi connectivity index (χ1) is 11.0. The summed E-state index contributed by atoms with van der Waals surface area (Å²) in [7, 11) is 0. The van der Waals surface area contributed by atoms with Gasteiger partial charge in [-0.3, -0.25) is 4.98 Å². The van der Waals surface area contributed by atoms with Crippen LogP contribution in [-0.4, -0.2) is 11.0 Å². The first-order valence-electron chi connectivity index (χ1n) is 7.09. The zero-order valence-corrected chi connectivity index (χ0v) is 12.6. The third-order valence-corrected chi connectivity index (χ3v) is 3.27. The number of hydrogen-bond donors (Lipinski definition) is 1. The van der Waals surface area contributed by atoms with Crippen molar-refractivity contribution in [3.05, 3.63) is 76.3 Å². The second-order valence-corrected chi connectivity index (χ2v) is 5.40. The predicted molar refractivity (Wildman–Crippen MR) is 86.8 cm³/mol. The Kier molecular flexibility index (Phi) is 3.85. The molecule has 0 unspecified atom stereocenters. The number of oxazole rings is 1. The fourth-order valence-corrected chi connectivity index (χ4v) is 2.31. The van der Waals surface area contributed by atoms with Crippen molar-refractivity contribution in [1.29, 1.82) is 0 Å². The lowest BCUT2D eigenvalue weighted by atomic mass is 10.0. The molecular formula is C18H15NO4. The number of fused-ring (bicyclic) bond motifs is 1. The van der Waals surface area contributed by atoms with Gasteiger partial charge in [0, 0.05) is 6.07 Å². The Balaban J connectivity index is 1.82. The minimum absolute atomic E-state index is 0.315. The van der Waals surface area contributed by atoms with E-state index in [2.05, 4.69) is 11.6 Å². The molecule has 0 spiro atoms. The molecule has 0 saturated heterocycles. The largest absolute Gasteiger partial charge is 0.423 e. The second kappa shape index (κ2) is 5.96. The lowest BCUT2D eigenvalue weighted by molar-refractivity contribution is 0.0735. The molecule has 0 saturated carbocycles. The lowest BCUT2D eigenvalue weighted by Crippen LogP contribution is -2.08. The molecule has 0 bridgehead atoms. The van der Waals surface area contributed by atoms with Crippen LogP contribution in [0.1, 0.15) is 22.8 Å². The zero-order valence-electron chi connectivity index (χ0n) is 12.6. The molecule has 0 aliphatic heterocycles. The molecule has 1 N–H and O–H groups in total. The zero-order chi connectivity index (χ0) is 16.4. The van der Waals surface area contributed by atoms with E-state index in [1.165, 1.54) is 6.07 Å². The van der Waals surface area contributed by atoms with Gasteiger partial charge in [-0.05, 0) is 43.2 Å². The molecule has 5 heteroatoms. The van der Waals surface area contributed by atoms with E-state index in [0.717, 1.165) is 11.1 Å². The van der Waals surface area contributed by atoms with Crippen molar-refractivity contribution < 1.29 is 13.9 Å². The summed E-state index contributed by atoms with van der Waals surface area (Å²) in [5, 5.41) is 0. The molecule has 0 fully saturated rings. The summed E-state index contributed by atoms with van der Waals surface area (Å²) >= 11 is 0. The molecule has 0 aliphatic carbocycles. The third kappa shape index (κ3) is 3.40. The number of nitrogens with one attached hydrogen (secondary N) is 1. The number of esters is 1. The smallest absolute Gasteiger partial charge is 0.417 e. The van der Waals surface area contributed by atoms with E-state index in [-0.39, 0.29) is 0 Å².